The molecule has 1 aliphatic rings. The molecule has 2 rings (SSSR count). The first-order valence-corrected chi connectivity index (χ1v) is 7.26. The molecule has 0 unspecified atom stereocenters. The Hall–Kier alpha value is -1.50. The summed E-state index contributed by atoms with van der Waals surface area (Å²) in [6, 6.07) is 6.84. The number of amides is 1. The van der Waals surface area contributed by atoms with E-state index in [1.807, 2.05) is 6.07 Å². The van der Waals surface area contributed by atoms with E-state index < -0.39 is 5.91 Å². The Morgan fingerprint density at radius 1 is 1.20 bits per heavy atom. The molecule has 0 heterocycles. The van der Waals surface area contributed by atoms with Gasteiger partial charge < -0.3 is 5.32 Å². The Kier molecular flexibility index (Phi) is 5.05. The van der Waals surface area contributed by atoms with Gasteiger partial charge in [0.25, 0.3) is 5.91 Å². The number of rotatable bonds is 2. The minimum atomic E-state index is -0.409. The molecule has 1 N–H and O–H groups in total. The molecule has 0 radical (unpaired) electrons. The van der Waals surface area contributed by atoms with E-state index in [4.69, 9.17) is 23.2 Å². The molecule has 3 nitrogen and oxygen atoms in total. The van der Waals surface area contributed by atoms with Crippen LogP contribution in [0.3, 0.4) is 0 Å². The van der Waals surface area contributed by atoms with Gasteiger partial charge in [-0.05, 0) is 49.5 Å². The zero-order chi connectivity index (χ0) is 14.5. The van der Waals surface area contributed by atoms with Crippen LogP contribution in [-0.4, -0.2) is 5.91 Å². The van der Waals surface area contributed by atoms with Crippen molar-refractivity contribution in [3.05, 3.63) is 39.4 Å². The van der Waals surface area contributed by atoms with E-state index in [9.17, 15) is 10.1 Å². The van der Waals surface area contributed by atoms with Crippen molar-refractivity contribution in [3.63, 3.8) is 0 Å². The smallest absolute Gasteiger partial charge is 0.266 e. The Labute approximate surface area is 128 Å². The van der Waals surface area contributed by atoms with Crippen LogP contribution in [0.2, 0.25) is 10.0 Å². The fourth-order valence-corrected chi connectivity index (χ4v) is 2.63. The molecule has 0 aliphatic heterocycles. The zero-order valence-electron chi connectivity index (χ0n) is 10.9. The maximum Gasteiger partial charge on any atom is 0.266 e. The van der Waals surface area contributed by atoms with Crippen molar-refractivity contribution < 1.29 is 4.79 Å². The van der Waals surface area contributed by atoms with Crippen molar-refractivity contribution in [1.29, 1.82) is 5.26 Å². The largest absolute Gasteiger partial charge is 0.320 e. The van der Waals surface area contributed by atoms with Gasteiger partial charge in [0.05, 0.1) is 10.7 Å². The summed E-state index contributed by atoms with van der Waals surface area (Å²) in [5, 5.41) is 12.8. The van der Waals surface area contributed by atoms with Gasteiger partial charge >= 0.3 is 0 Å². The van der Waals surface area contributed by atoms with Crippen molar-refractivity contribution in [3.8, 4) is 6.07 Å². The predicted molar refractivity (Wildman–Crippen MR) is 80.8 cm³/mol. The number of hydrogen-bond acceptors (Lipinski definition) is 2. The van der Waals surface area contributed by atoms with E-state index in [-0.39, 0.29) is 5.57 Å². The standard InChI is InChI=1S/C15H14Cl2N2O/c16-11-6-7-13(17)14(8-11)19-15(20)12(9-18)10-4-2-1-3-5-10/h6-8H,1-5H2,(H,19,20). The van der Waals surface area contributed by atoms with E-state index in [1.165, 1.54) is 0 Å². The monoisotopic (exact) mass is 308 g/mol. The number of hydrogen-bond donors (Lipinski definition) is 1. The predicted octanol–water partition coefficient (Wildman–Crippen LogP) is 4.72. The Morgan fingerprint density at radius 3 is 2.55 bits per heavy atom. The third-order valence-electron chi connectivity index (χ3n) is 3.33. The van der Waals surface area contributed by atoms with Crippen LogP contribution in [0.1, 0.15) is 32.1 Å². The average Bonchev–Trinajstić information content (AvgIpc) is 2.45. The van der Waals surface area contributed by atoms with Crippen LogP contribution in [0.25, 0.3) is 0 Å². The number of halogens is 2. The van der Waals surface area contributed by atoms with Gasteiger partial charge in [0, 0.05) is 5.02 Å². The SMILES string of the molecule is N#CC(C(=O)Nc1cc(Cl)ccc1Cl)=C1CCCCC1. The van der Waals surface area contributed by atoms with E-state index in [1.54, 1.807) is 18.2 Å². The molecule has 1 aromatic rings. The second-order valence-electron chi connectivity index (χ2n) is 4.73. The lowest BCUT2D eigenvalue weighted by Crippen LogP contribution is -2.16. The lowest BCUT2D eigenvalue weighted by Gasteiger charge is -2.15. The Balaban J connectivity index is 2.22. The number of anilines is 1. The number of nitriles is 1. The van der Waals surface area contributed by atoms with Crippen molar-refractivity contribution in [2.75, 3.05) is 5.32 Å². The van der Waals surface area contributed by atoms with E-state index in [2.05, 4.69) is 5.32 Å². The molecular formula is C15H14Cl2N2O. The summed E-state index contributed by atoms with van der Waals surface area (Å²) >= 11 is 11.9. The number of nitrogens with one attached hydrogen (secondary N) is 1. The second kappa shape index (κ2) is 6.78. The van der Waals surface area contributed by atoms with Gasteiger partial charge in [-0.3, -0.25) is 4.79 Å². The highest BCUT2D eigenvalue weighted by Crippen LogP contribution is 2.28. The molecule has 0 bridgehead atoms. The summed E-state index contributed by atoms with van der Waals surface area (Å²) in [6.07, 6.45) is 4.86. The Morgan fingerprint density at radius 2 is 1.90 bits per heavy atom. The van der Waals surface area contributed by atoms with Crippen LogP contribution in [0.5, 0.6) is 0 Å². The van der Waals surface area contributed by atoms with Crippen LogP contribution < -0.4 is 5.32 Å². The van der Waals surface area contributed by atoms with E-state index in [0.29, 0.717) is 15.7 Å². The third kappa shape index (κ3) is 3.53. The van der Waals surface area contributed by atoms with Crippen molar-refractivity contribution >= 4 is 34.8 Å². The maximum atomic E-state index is 12.2. The fraction of sp³-hybridized carbons (Fsp3) is 0.333. The van der Waals surface area contributed by atoms with E-state index >= 15 is 0 Å². The molecule has 1 aromatic carbocycles. The minimum Gasteiger partial charge on any atom is -0.320 e. The van der Waals surface area contributed by atoms with Crippen LogP contribution in [0.15, 0.2) is 29.3 Å². The minimum absolute atomic E-state index is 0.209. The molecule has 0 spiro atoms. The van der Waals surface area contributed by atoms with Gasteiger partial charge in [0.2, 0.25) is 0 Å². The highest BCUT2D eigenvalue weighted by atomic mass is 35.5. The number of nitrogens with zero attached hydrogens (tertiary/aromatic N) is 1. The average molecular weight is 309 g/mol. The van der Waals surface area contributed by atoms with Crippen molar-refractivity contribution in [1.82, 2.24) is 0 Å². The lowest BCUT2D eigenvalue weighted by molar-refractivity contribution is -0.112. The third-order valence-corrected chi connectivity index (χ3v) is 3.89. The molecule has 0 aromatic heterocycles. The van der Waals surface area contributed by atoms with Crippen LogP contribution in [0.4, 0.5) is 5.69 Å². The summed E-state index contributed by atoms with van der Waals surface area (Å²) in [5.74, 6) is -0.409. The summed E-state index contributed by atoms with van der Waals surface area (Å²) in [7, 11) is 0. The normalized spacial score (nSPS) is 14.6. The molecule has 0 atom stereocenters. The van der Waals surface area contributed by atoms with Crippen LogP contribution in [0, 0.1) is 11.3 Å². The topological polar surface area (TPSA) is 52.9 Å². The number of benzene rings is 1. The maximum absolute atomic E-state index is 12.2. The van der Waals surface area contributed by atoms with Crippen molar-refractivity contribution in [2.24, 2.45) is 0 Å². The summed E-state index contributed by atoms with van der Waals surface area (Å²) in [4.78, 5) is 12.2. The first-order chi connectivity index (χ1) is 9.61. The quantitative estimate of drug-likeness (QED) is 0.635. The molecule has 0 saturated heterocycles. The fourth-order valence-electron chi connectivity index (χ4n) is 2.30. The molecule has 5 heteroatoms. The van der Waals surface area contributed by atoms with Gasteiger partial charge in [-0.1, -0.05) is 29.6 Å². The highest BCUT2D eigenvalue weighted by Gasteiger charge is 2.18. The van der Waals surface area contributed by atoms with Gasteiger partial charge in [0.1, 0.15) is 11.6 Å². The summed E-state index contributed by atoms with van der Waals surface area (Å²) < 4.78 is 0. The molecule has 104 valence electrons. The van der Waals surface area contributed by atoms with Gasteiger partial charge in [-0.2, -0.15) is 5.26 Å². The summed E-state index contributed by atoms with van der Waals surface area (Å²) in [5.41, 5.74) is 1.57. The van der Waals surface area contributed by atoms with Gasteiger partial charge in [-0.25, -0.2) is 0 Å². The highest BCUT2D eigenvalue weighted by molar-refractivity contribution is 6.36. The second-order valence-corrected chi connectivity index (χ2v) is 5.57. The van der Waals surface area contributed by atoms with Crippen LogP contribution in [-0.2, 0) is 4.79 Å². The molecule has 1 amide bonds. The van der Waals surface area contributed by atoms with Crippen LogP contribution >= 0.6 is 23.2 Å². The zero-order valence-corrected chi connectivity index (χ0v) is 12.4. The first-order valence-electron chi connectivity index (χ1n) is 6.50. The van der Waals surface area contributed by atoms with Crippen molar-refractivity contribution in [2.45, 2.75) is 32.1 Å². The number of carbonyl (C=O) groups excluding carboxylic acids is 1. The molecular weight excluding hydrogens is 295 g/mol. The molecule has 1 fully saturated rings. The lowest BCUT2D eigenvalue weighted by atomic mass is 9.91. The van der Waals surface area contributed by atoms with Gasteiger partial charge in [0.15, 0.2) is 0 Å². The molecule has 20 heavy (non-hydrogen) atoms. The number of carbonyl (C=O) groups is 1. The van der Waals surface area contributed by atoms with Gasteiger partial charge in [-0.15, -0.1) is 0 Å². The Bertz CT molecular complexity index is 594. The molecule has 1 aliphatic carbocycles. The number of allylic oxidation sites excluding steroid dienone is 1. The molecule has 1 saturated carbocycles. The van der Waals surface area contributed by atoms with E-state index in [0.717, 1.165) is 37.7 Å². The summed E-state index contributed by atoms with van der Waals surface area (Å²) in [6.45, 7) is 0. The first kappa shape index (κ1) is 14.9.